The molecular formula is C15H16BrN5O. The van der Waals surface area contributed by atoms with Gasteiger partial charge in [0.15, 0.2) is 0 Å². The third kappa shape index (κ3) is 3.23. The third-order valence-corrected chi connectivity index (χ3v) is 4.65. The van der Waals surface area contributed by atoms with Crippen molar-refractivity contribution in [1.29, 1.82) is 0 Å². The van der Waals surface area contributed by atoms with E-state index in [0.717, 1.165) is 28.3 Å². The largest absolute Gasteiger partial charge is 0.391 e. The van der Waals surface area contributed by atoms with E-state index in [4.69, 9.17) is 5.53 Å². The summed E-state index contributed by atoms with van der Waals surface area (Å²) in [5.74, 6) is 0. The van der Waals surface area contributed by atoms with Gasteiger partial charge >= 0.3 is 0 Å². The smallest absolute Gasteiger partial charge is 0.0752 e. The van der Waals surface area contributed by atoms with Crippen LogP contribution in [0.25, 0.3) is 21.2 Å². The molecule has 0 spiro atoms. The predicted molar refractivity (Wildman–Crippen MR) is 88.3 cm³/mol. The Morgan fingerprint density at radius 3 is 3.09 bits per heavy atom. The van der Waals surface area contributed by atoms with Crippen LogP contribution >= 0.6 is 15.9 Å². The number of halogens is 1. The van der Waals surface area contributed by atoms with Crippen molar-refractivity contribution in [3.05, 3.63) is 51.1 Å². The highest BCUT2D eigenvalue weighted by atomic mass is 79.9. The lowest BCUT2D eigenvalue weighted by Crippen LogP contribution is -2.45. The van der Waals surface area contributed by atoms with Gasteiger partial charge in [0.05, 0.1) is 12.1 Å². The van der Waals surface area contributed by atoms with Gasteiger partial charge in [-0.15, -0.1) is 0 Å². The molecule has 1 saturated heterocycles. The van der Waals surface area contributed by atoms with E-state index in [1.54, 1.807) is 6.20 Å². The first kappa shape index (κ1) is 15.2. The fourth-order valence-corrected chi connectivity index (χ4v) is 3.32. The zero-order chi connectivity index (χ0) is 15.5. The Balaban J connectivity index is 1.74. The van der Waals surface area contributed by atoms with E-state index in [0.29, 0.717) is 13.0 Å². The van der Waals surface area contributed by atoms with Crippen molar-refractivity contribution in [3.8, 4) is 0 Å². The van der Waals surface area contributed by atoms with Crippen LogP contribution in [0.2, 0.25) is 0 Å². The van der Waals surface area contributed by atoms with Gasteiger partial charge in [-0.3, -0.25) is 9.88 Å². The number of rotatable bonds is 3. The Bertz CT molecular complexity index is 731. The molecule has 0 amide bonds. The van der Waals surface area contributed by atoms with Crippen LogP contribution in [0.5, 0.6) is 0 Å². The van der Waals surface area contributed by atoms with Crippen molar-refractivity contribution >= 4 is 26.7 Å². The SMILES string of the molecule is [N-]=[N+]=N[C@@H]1CCN(Cc2ccc3cncc(Br)c3c2)C[C@H]1O. The standard InChI is InChI=1S/C15H16BrN5O/c16-13-7-18-6-11-2-1-10(5-12(11)13)8-21-4-3-14(19-20-17)15(22)9-21/h1-2,5-7,14-15,22H,3-4,8-9H2/t14-,15-/m1/s1. The van der Waals surface area contributed by atoms with Gasteiger partial charge in [0.25, 0.3) is 0 Å². The van der Waals surface area contributed by atoms with Crippen LogP contribution in [-0.4, -0.2) is 40.2 Å². The van der Waals surface area contributed by atoms with Crippen molar-refractivity contribution in [3.63, 3.8) is 0 Å². The van der Waals surface area contributed by atoms with Gasteiger partial charge in [0, 0.05) is 40.3 Å². The molecule has 3 rings (SSSR count). The highest BCUT2D eigenvalue weighted by molar-refractivity contribution is 9.10. The van der Waals surface area contributed by atoms with E-state index in [-0.39, 0.29) is 6.04 Å². The van der Waals surface area contributed by atoms with Crippen LogP contribution in [0.15, 0.2) is 40.2 Å². The first-order valence-corrected chi connectivity index (χ1v) is 7.93. The average molecular weight is 362 g/mol. The number of aliphatic hydroxyl groups is 1. The molecule has 0 radical (unpaired) electrons. The molecule has 6 nitrogen and oxygen atoms in total. The molecule has 2 aromatic rings. The Morgan fingerprint density at radius 2 is 2.32 bits per heavy atom. The number of hydrogen-bond acceptors (Lipinski definition) is 4. The molecule has 7 heteroatoms. The van der Waals surface area contributed by atoms with Gasteiger partial charge in [-0.25, -0.2) is 0 Å². The highest BCUT2D eigenvalue weighted by Gasteiger charge is 2.26. The van der Waals surface area contributed by atoms with E-state index >= 15 is 0 Å². The average Bonchev–Trinajstić information content (AvgIpc) is 2.51. The van der Waals surface area contributed by atoms with Crippen LogP contribution < -0.4 is 0 Å². The van der Waals surface area contributed by atoms with Gasteiger partial charge in [-0.2, -0.15) is 0 Å². The predicted octanol–water partition coefficient (Wildman–Crippen LogP) is 3.24. The molecule has 1 aliphatic rings. The quantitative estimate of drug-likeness (QED) is 0.517. The molecule has 2 atom stereocenters. The topological polar surface area (TPSA) is 85.1 Å². The molecule has 1 aromatic heterocycles. The maximum Gasteiger partial charge on any atom is 0.0752 e. The molecule has 114 valence electrons. The van der Waals surface area contributed by atoms with E-state index in [9.17, 15) is 5.11 Å². The first-order valence-electron chi connectivity index (χ1n) is 7.14. The maximum atomic E-state index is 10.0. The van der Waals surface area contributed by atoms with E-state index in [1.807, 2.05) is 6.20 Å². The molecule has 22 heavy (non-hydrogen) atoms. The van der Waals surface area contributed by atoms with Crippen molar-refractivity contribution in [1.82, 2.24) is 9.88 Å². The summed E-state index contributed by atoms with van der Waals surface area (Å²) >= 11 is 3.53. The summed E-state index contributed by atoms with van der Waals surface area (Å²) in [4.78, 5) is 9.15. The lowest BCUT2D eigenvalue weighted by Gasteiger charge is -2.33. The molecule has 1 aliphatic heterocycles. The van der Waals surface area contributed by atoms with Crippen LogP contribution in [0.4, 0.5) is 0 Å². The highest BCUT2D eigenvalue weighted by Crippen LogP contribution is 2.25. The number of aromatic nitrogens is 1. The summed E-state index contributed by atoms with van der Waals surface area (Å²) in [5.41, 5.74) is 9.68. The van der Waals surface area contributed by atoms with Crippen molar-refractivity contribution in [2.75, 3.05) is 13.1 Å². The zero-order valence-corrected chi connectivity index (χ0v) is 13.5. The van der Waals surface area contributed by atoms with Gasteiger partial charge in [-0.05, 0) is 51.4 Å². The van der Waals surface area contributed by atoms with E-state index < -0.39 is 6.10 Å². The molecule has 1 fully saturated rings. The number of benzene rings is 1. The second kappa shape index (κ2) is 6.62. The second-order valence-corrected chi connectivity index (χ2v) is 6.39. The van der Waals surface area contributed by atoms with Crippen LogP contribution in [0.3, 0.4) is 0 Å². The number of hydrogen-bond donors (Lipinski definition) is 1. The lowest BCUT2D eigenvalue weighted by atomic mass is 10.0. The molecule has 0 bridgehead atoms. The first-order chi connectivity index (χ1) is 10.7. The molecule has 0 unspecified atom stereocenters. The zero-order valence-electron chi connectivity index (χ0n) is 11.9. The Hall–Kier alpha value is -1.66. The van der Waals surface area contributed by atoms with Gasteiger partial charge in [0.1, 0.15) is 0 Å². The van der Waals surface area contributed by atoms with Crippen molar-refractivity contribution < 1.29 is 5.11 Å². The molecular weight excluding hydrogens is 346 g/mol. The van der Waals surface area contributed by atoms with E-state index in [1.165, 1.54) is 5.56 Å². The number of pyridine rings is 1. The molecule has 2 heterocycles. The number of nitrogens with zero attached hydrogens (tertiary/aromatic N) is 5. The molecule has 1 aromatic carbocycles. The number of likely N-dealkylation sites (tertiary alicyclic amines) is 1. The summed E-state index contributed by atoms with van der Waals surface area (Å²) in [5, 5.41) is 15.9. The summed E-state index contributed by atoms with van der Waals surface area (Å²) in [6, 6.07) is 5.99. The number of piperidine rings is 1. The summed E-state index contributed by atoms with van der Waals surface area (Å²) in [7, 11) is 0. The molecule has 1 N–H and O–H groups in total. The summed E-state index contributed by atoms with van der Waals surface area (Å²) in [6.07, 6.45) is 3.73. The van der Waals surface area contributed by atoms with Gasteiger partial charge in [0.2, 0.25) is 0 Å². The monoisotopic (exact) mass is 361 g/mol. The summed E-state index contributed by atoms with van der Waals surface area (Å²) in [6.45, 7) is 2.11. The van der Waals surface area contributed by atoms with Gasteiger partial charge < -0.3 is 5.11 Å². The normalized spacial score (nSPS) is 22.5. The lowest BCUT2D eigenvalue weighted by molar-refractivity contribution is 0.0501. The number of fused-ring (bicyclic) bond motifs is 1. The van der Waals surface area contributed by atoms with Crippen molar-refractivity contribution in [2.45, 2.75) is 25.1 Å². The Kier molecular flexibility index (Phi) is 4.59. The fourth-order valence-electron chi connectivity index (χ4n) is 2.86. The van der Waals surface area contributed by atoms with Crippen LogP contribution in [0, 0.1) is 0 Å². The van der Waals surface area contributed by atoms with Gasteiger partial charge in [-0.1, -0.05) is 17.2 Å². The van der Waals surface area contributed by atoms with Crippen molar-refractivity contribution in [2.24, 2.45) is 5.11 Å². The second-order valence-electron chi connectivity index (χ2n) is 5.54. The van der Waals surface area contributed by atoms with E-state index in [2.05, 4.69) is 54.0 Å². The fraction of sp³-hybridized carbons (Fsp3) is 0.400. The van der Waals surface area contributed by atoms with Crippen LogP contribution in [0.1, 0.15) is 12.0 Å². The molecule has 0 aliphatic carbocycles. The maximum absolute atomic E-state index is 10.0. The third-order valence-electron chi connectivity index (χ3n) is 4.01. The minimum atomic E-state index is -0.596. The Labute approximate surface area is 136 Å². The molecule has 0 saturated carbocycles. The minimum absolute atomic E-state index is 0.307. The van der Waals surface area contributed by atoms with Crippen LogP contribution in [-0.2, 0) is 6.54 Å². The Morgan fingerprint density at radius 1 is 1.45 bits per heavy atom. The number of azide groups is 1. The number of β-amino-alcohol motifs (C(OH)–C–C–N with tert-alkyl or cyclic N) is 1. The summed E-state index contributed by atoms with van der Waals surface area (Å²) < 4.78 is 0.981. The number of aliphatic hydroxyl groups excluding tert-OH is 1. The minimum Gasteiger partial charge on any atom is -0.391 e.